The van der Waals surface area contributed by atoms with Gasteiger partial charge in [-0.15, -0.1) is 10.2 Å². The number of rotatable bonds is 4. The molecule has 0 spiro atoms. The molecule has 0 atom stereocenters. The second-order valence-electron chi connectivity index (χ2n) is 8.52. The van der Waals surface area contributed by atoms with Crippen LogP contribution in [0.2, 0.25) is 0 Å². The van der Waals surface area contributed by atoms with Crippen LogP contribution in [0.3, 0.4) is 0 Å². The van der Waals surface area contributed by atoms with Crippen molar-refractivity contribution in [1.82, 2.24) is 19.6 Å². The van der Waals surface area contributed by atoms with Gasteiger partial charge in [-0.05, 0) is 68.2 Å². The minimum atomic E-state index is -4.49. The molecule has 3 aromatic rings. The van der Waals surface area contributed by atoms with Crippen LogP contribution in [0.25, 0.3) is 5.65 Å². The molecule has 2 fully saturated rings. The van der Waals surface area contributed by atoms with Crippen LogP contribution >= 0.6 is 0 Å². The van der Waals surface area contributed by atoms with Crippen molar-refractivity contribution in [3.05, 3.63) is 53.2 Å². The van der Waals surface area contributed by atoms with Gasteiger partial charge in [-0.1, -0.05) is 0 Å². The van der Waals surface area contributed by atoms with Crippen LogP contribution in [0.1, 0.15) is 54.2 Å². The first-order chi connectivity index (χ1) is 14.4. The molecule has 1 aliphatic carbocycles. The monoisotopic (exact) mass is 415 g/mol. The topological polar surface area (TPSA) is 46.3 Å². The van der Waals surface area contributed by atoms with E-state index in [4.69, 9.17) is 0 Å². The van der Waals surface area contributed by atoms with Crippen LogP contribution < -0.4 is 4.90 Å². The molecule has 158 valence electrons. The Bertz CT molecular complexity index is 1060. The van der Waals surface area contributed by atoms with E-state index in [0.29, 0.717) is 37.2 Å². The number of hydrogen-bond donors (Lipinski definition) is 0. The summed E-state index contributed by atoms with van der Waals surface area (Å²) in [5, 5.41) is 8.04. The Morgan fingerprint density at radius 2 is 1.83 bits per heavy atom. The summed E-state index contributed by atoms with van der Waals surface area (Å²) >= 11 is 0. The Hall–Kier alpha value is -2.64. The van der Waals surface area contributed by atoms with E-state index in [1.54, 1.807) is 18.5 Å². The van der Waals surface area contributed by atoms with E-state index < -0.39 is 11.7 Å². The fourth-order valence-corrected chi connectivity index (χ4v) is 4.52. The molecule has 5 rings (SSSR count). The molecule has 2 aliphatic rings. The van der Waals surface area contributed by atoms with E-state index in [0.717, 1.165) is 31.4 Å². The van der Waals surface area contributed by atoms with Gasteiger partial charge in [0.1, 0.15) is 11.4 Å². The normalized spacial score (nSPS) is 18.3. The number of anilines is 1. The molecule has 0 N–H and O–H groups in total. The Kier molecular flexibility index (Phi) is 4.67. The molecule has 8 heteroatoms. The maximum absolute atomic E-state index is 14.1. The molecule has 1 saturated carbocycles. The maximum Gasteiger partial charge on any atom is 0.422 e. The number of aromatic nitrogens is 4. The molecule has 0 radical (unpaired) electrons. The second-order valence-corrected chi connectivity index (χ2v) is 8.52. The van der Waals surface area contributed by atoms with Crippen LogP contribution in [-0.2, 0) is 12.6 Å². The molecule has 0 bridgehead atoms. The number of alkyl halides is 3. The molecule has 3 aromatic heterocycles. The molecular weight excluding hydrogens is 391 g/mol. The number of pyridine rings is 2. The lowest BCUT2D eigenvalue weighted by Gasteiger charge is -2.35. The summed E-state index contributed by atoms with van der Waals surface area (Å²) in [6.45, 7) is 3.11. The van der Waals surface area contributed by atoms with Crippen LogP contribution in [0.15, 0.2) is 30.6 Å². The zero-order valence-corrected chi connectivity index (χ0v) is 16.9. The van der Waals surface area contributed by atoms with Crippen molar-refractivity contribution in [2.75, 3.05) is 18.0 Å². The Morgan fingerprint density at radius 3 is 2.50 bits per heavy atom. The SMILES string of the molecule is Cc1cc(C2CCN(c3ccn4c(CC5CC5)nnc4c3C(F)(F)F)CC2)ccn1. The number of hydrogen-bond acceptors (Lipinski definition) is 4. The third kappa shape index (κ3) is 3.63. The second kappa shape index (κ2) is 7.25. The lowest BCUT2D eigenvalue weighted by atomic mass is 9.89. The Labute approximate surface area is 172 Å². The predicted molar refractivity (Wildman–Crippen MR) is 108 cm³/mol. The zero-order chi connectivity index (χ0) is 20.9. The quantitative estimate of drug-likeness (QED) is 0.615. The highest BCUT2D eigenvalue weighted by atomic mass is 19.4. The smallest absolute Gasteiger partial charge is 0.371 e. The first kappa shape index (κ1) is 19.3. The van der Waals surface area contributed by atoms with Gasteiger partial charge in [-0.2, -0.15) is 13.2 Å². The Morgan fingerprint density at radius 1 is 1.07 bits per heavy atom. The fraction of sp³-hybridized carbons (Fsp3) is 0.500. The van der Waals surface area contributed by atoms with Crippen LogP contribution in [-0.4, -0.2) is 32.7 Å². The van der Waals surface area contributed by atoms with Crippen LogP contribution in [0.5, 0.6) is 0 Å². The van der Waals surface area contributed by atoms with Gasteiger partial charge in [0.25, 0.3) is 0 Å². The number of nitrogens with zero attached hydrogens (tertiary/aromatic N) is 5. The van der Waals surface area contributed by atoms with Crippen molar-refractivity contribution >= 4 is 11.3 Å². The predicted octanol–water partition coefficient (Wildman–Crippen LogP) is 4.79. The summed E-state index contributed by atoms with van der Waals surface area (Å²) in [4.78, 5) is 6.09. The van der Waals surface area contributed by atoms with Crippen molar-refractivity contribution in [2.45, 2.75) is 51.1 Å². The molecule has 1 aliphatic heterocycles. The molecule has 0 amide bonds. The minimum absolute atomic E-state index is 0.0810. The number of halogens is 3. The summed E-state index contributed by atoms with van der Waals surface area (Å²) in [6, 6.07) is 5.68. The summed E-state index contributed by atoms with van der Waals surface area (Å²) in [5.74, 6) is 1.50. The van der Waals surface area contributed by atoms with Crippen molar-refractivity contribution in [1.29, 1.82) is 0 Å². The van der Waals surface area contributed by atoms with Gasteiger partial charge in [0.05, 0.1) is 5.69 Å². The highest BCUT2D eigenvalue weighted by molar-refractivity contribution is 5.67. The molecule has 1 saturated heterocycles. The number of piperidine rings is 1. The van der Waals surface area contributed by atoms with Gasteiger partial charge in [-0.25, -0.2) is 0 Å². The first-order valence-corrected chi connectivity index (χ1v) is 10.5. The van der Waals surface area contributed by atoms with Gasteiger partial charge in [0.2, 0.25) is 0 Å². The zero-order valence-electron chi connectivity index (χ0n) is 16.9. The van der Waals surface area contributed by atoms with Crippen molar-refractivity contribution < 1.29 is 13.2 Å². The Balaban J connectivity index is 1.44. The lowest BCUT2D eigenvalue weighted by Crippen LogP contribution is -2.34. The number of fused-ring (bicyclic) bond motifs is 1. The summed E-state index contributed by atoms with van der Waals surface area (Å²) < 4.78 is 43.8. The fourth-order valence-electron chi connectivity index (χ4n) is 4.52. The largest absolute Gasteiger partial charge is 0.422 e. The van der Waals surface area contributed by atoms with Gasteiger partial charge in [-0.3, -0.25) is 9.38 Å². The molecule has 0 unspecified atom stereocenters. The standard InChI is InChI=1S/C22H24F3N5/c1-14-12-17(4-8-26-14)16-5-9-29(10-6-16)18-7-11-30-19(13-15-2-3-15)27-28-21(30)20(18)22(23,24)25/h4,7-8,11-12,15-16H,2-3,5-6,9-10,13H2,1H3. The van der Waals surface area contributed by atoms with Crippen LogP contribution in [0, 0.1) is 12.8 Å². The van der Waals surface area contributed by atoms with Crippen molar-refractivity contribution in [2.24, 2.45) is 5.92 Å². The average molecular weight is 415 g/mol. The molecular formula is C22H24F3N5. The van der Waals surface area contributed by atoms with E-state index in [2.05, 4.69) is 21.2 Å². The van der Waals surface area contributed by atoms with E-state index in [1.165, 1.54) is 9.96 Å². The van der Waals surface area contributed by atoms with Gasteiger partial charge in [0, 0.05) is 37.6 Å². The van der Waals surface area contributed by atoms with E-state index in [9.17, 15) is 13.2 Å². The van der Waals surface area contributed by atoms with Gasteiger partial charge < -0.3 is 4.90 Å². The average Bonchev–Trinajstić information content (AvgIpc) is 3.45. The van der Waals surface area contributed by atoms with Crippen molar-refractivity contribution in [3.63, 3.8) is 0 Å². The molecule has 4 heterocycles. The summed E-state index contributed by atoms with van der Waals surface area (Å²) in [5.41, 5.74) is 1.65. The van der Waals surface area contributed by atoms with Crippen LogP contribution in [0.4, 0.5) is 18.9 Å². The highest BCUT2D eigenvalue weighted by Gasteiger charge is 2.40. The summed E-state index contributed by atoms with van der Waals surface area (Å²) in [7, 11) is 0. The van der Waals surface area contributed by atoms with Gasteiger partial charge >= 0.3 is 6.18 Å². The van der Waals surface area contributed by atoms with E-state index >= 15 is 0 Å². The van der Waals surface area contributed by atoms with Crippen molar-refractivity contribution in [3.8, 4) is 0 Å². The lowest BCUT2D eigenvalue weighted by molar-refractivity contribution is -0.136. The third-order valence-electron chi connectivity index (χ3n) is 6.31. The van der Waals surface area contributed by atoms with E-state index in [1.807, 2.05) is 17.9 Å². The molecule has 0 aromatic carbocycles. The van der Waals surface area contributed by atoms with E-state index in [-0.39, 0.29) is 11.3 Å². The minimum Gasteiger partial charge on any atom is -0.371 e. The highest BCUT2D eigenvalue weighted by Crippen LogP contribution is 2.41. The maximum atomic E-state index is 14.1. The third-order valence-corrected chi connectivity index (χ3v) is 6.31. The molecule has 5 nitrogen and oxygen atoms in total. The van der Waals surface area contributed by atoms with Gasteiger partial charge in [0.15, 0.2) is 5.65 Å². The molecule has 30 heavy (non-hydrogen) atoms. The summed E-state index contributed by atoms with van der Waals surface area (Å²) in [6.07, 6.45) is 3.57. The number of aryl methyl sites for hydroxylation is 1. The first-order valence-electron chi connectivity index (χ1n) is 10.5.